The van der Waals surface area contributed by atoms with Gasteiger partial charge in [-0.15, -0.1) is 11.6 Å². The molecule has 4 atom stereocenters. The van der Waals surface area contributed by atoms with Crippen molar-refractivity contribution in [3.63, 3.8) is 0 Å². The number of hydrogen-bond acceptors (Lipinski definition) is 11. The van der Waals surface area contributed by atoms with Crippen molar-refractivity contribution < 1.29 is 101 Å². The number of rotatable bonds is 12. The molecule has 2 fully saturated rings. The zero-order valence-electron chi connectivity index (χ0n) is 49.7. The van der Waals surface area contributed by atoms with E-state index in [0.717, 1.165) is 80.4 Å². The number of ether oxygens (including phenoxy) is 5. The smallest absolute Gasteiger partial charge is 0.870 e. The first-order valence-electron chi connectivity index (χ1n) is 28.7. The Morgan fingerprint density at radius 2 is 1.01 bits per heavy atom. The van der Waals surface area contributed by atoms with Crippen LogP contribution < -0.4 is 75.1 Å². The topological polar surface area (TPSA) is 175 Å². The number of alkyl halides is 2. The van der Waals surface area contributed by atoms with Crippen molar-refractivity contribution in [2.45, 2.75) is 75.5 Å². The Morgan fingerprint density at radius 3 is 1.41 bits per heavy atom. The molecule has 2 aromatic heterocycles. The zero-order valence-corrected chi connectivity index (χ0v) is 54.1. The van der Waals surface area contributed by atoms with Crippen LogP contribution in [0.5, 0.6) is 34.5 Å². The largest absolute Gasteiger partial charge is 1.00 e. The minimum atomic E-state index is -1.00. The molecule has 20 heteroatoms. The standard InChI is InChI=1S/C32H34ClN3O4.C25H21ClN2O4.C7H14ClN.CH3F.K.H2O/c1-35-17-3-4-23(35)16-19-39-25-8-5-21(6-9-25)31-30-27(28-20-22(33)7-14-29(28)34-30)15-18-36(31)32(37)40-26-12-10-24(38-2)11-13-26;1-31-18-7-9-19(10-8-18)32-25(30)28-13-12-20-21-14-16(26)4-11-22(21)27-23(20)24(28)15-2-5-17(29)6-3-15;1-9-6-2-3-7(9)4-5-8;1-2;;/h5-14,20,23,31,34H,3-4,15-19H2,1-2H3;2-11,14,24,27,29H,12-13H2,1H3;7H,2-6H2,1H3;1H3;;1H2/q;;;;+1;/p-1/i;;;1D;;. The van der Waals surface area contributed by atoms with Crippen molar-refractivity contribution >= 4 is 68.8 Å². The van der Waals surface area contributed by atoms with Gasteiger partial charge in [0.2, 0.25) is 0 Å². The first-order chi connectivity index (χ1) is 40.8. The number of nitrogens with one attached hydrogen (secondary N) is 2. The average Bonchev–Trinajstić information content (AvgIpc) is 1.96. The van der Waals surface area contributed by atoms with Crippen LogP contribution in [0.1, 0.15) is 85.6 Å². The molecule has 4 aliphatic heterocycles. The normalized spacial score (nSPS) is 18.1. The van der Waals surface area contributed by atoms with Gasteiger partial charge in [-0.25, -0.2) is 9.59 Å². The molecule has 446 valence electrons. The summed E-state index contributed by atoms with van der Waals surface area (Å²) < 4.78 is 43.5. The zero-order chi connectivity index (χ0) is 59.3. The SMILES string of the molecule is CN1CCCC1CCCl.COc1ccc(OC(=O)N2CCc3c([nH]c4ccc(Cl)cc34)C2c2ccc(O)cc2)cc1.COc1ccc(OC(=O)N2CCc3c([nH]c4ccc(Cl)cc34)C2c2ccc(OCCC3CCCN3C)cc2)cc1.[2H]CF.[K+].[OH-]. The molecule has 0 bridgehead atoms. The average molecular weight is 1250 g/mol. The van der Waals surface area contributed by atoms with Gasteiger partial charge in [0.25, 0.3) is 0 Å². The number of phenols is 1. The first kappa shape index (κ1) is 65.4. The minimum absolute atomic E-state index is 0. The molecule has 0 saturated carbocycles. The van der Waals surface area contributed by atoms with Crippen LogP contribution in [0.25, 0.3) is 21.8 Å². The Balaban J connectivity index is 0.000000205. The number of hydrogen-bond donors (Lipinski definition) is 3. The summed E-state index contributed by atoms with van der Waals surface area (Å²) in [5, 5.41) is 13.3. The minimum Gasteiger partial charge on any atom is -0.870 e. The van der Waals surface area contributed by atoms with Crippen molar-refractivity contribution in [3.05, 3.63) is 177 Å². The molecular formula is C65H73Cl3FKN6O9. The maximum atomic E-state index is 13.6. The van der Waals surface area contributed by atoms with Gasteiger partial charge in [-0.05, 0) is 210 Å². The van der Waals surface area contributed by atoms with E-state index in [1.165, 1.54) is 44.3 Å². The molecule has 6 aromatic carbocycles. The predicted molar refractivity (Wildman–Crippen MR) is 329 cm³/mol. The number of fused-ring (bicyclic) bond motifs is 6. The molecule has 0 aliphatic carbocycles. The maximum Gasteiger partial charge on any atom is 1.00 e. The number of amides is 2. The van der Waals surface area contributed by atoms with Crippen molar-refractivity contribution in [2.75, 3.05) is 74.1 Å². The van der Waals surface area contributed by atoms with Crippen LogP contribution >= 0.6 is 34.8 Å². The molecule has 4 N–H and O–H groups in total. The molecule has 8 aromatic rings. The molecule has 2 saturated heterocycles. The number of methoxy groups -OCH3 is 2. The third kappa shape index (κ3) is 16.4. The predicted octanol–water partition coefficient (Wildman–Crippen LogP) is 11.6. The van der Waals surface area contributed by atoms with Gasteiger partial charge in [0.05, 0.1) is 29.4 Å². The second-order valence-electron chi connectivity index (χ2n) is 21.0. The number of aromatic hydroxyl groups is 1. The second-order valence-corrected chi connectivity index (χ2v) is 22.3. The Hall–Kier alpha value is -5.54. The van der Waals surface area contributed by atoms with Gasteiger partial charge in [-0.3, -0.25) is 14.2 Å². The summed E-state index contributed by atoms with van der Waals surface area (Å²) in [6.07, 6.45) is 7.90. The van der Waals surface area contributed by atoms with Crippen molar-refractivity contribution in [2.24, 2.45) is 0 Å². The van der Waals surface area contributed by atoms with E-state index in [2.05, 4.69) is 33.9 Å². The van der Waals surface area contributed by atoms with E-state index >= 15 is 0 Å². The summed E-state index contributed by atoms with van der Waals surface area (Å²) >= 11 is 18.2. The van der Waals surface area contributed by atoms with Crippen molar-refractivity contribution in [1.82, 2.24) is 29.6 Å². The number of phenolic OH excluding ortho intramolecular Hbond substituents is 1. The Kier molecular flexibility index (Phi) is 24.6. The number of H-pyrrole nitrogens is 2. The van der Waals surface area contributed by atoms with Gasteiger partial charge in [-0.1, -0.05) is 47.5 Å². The number of nitrogens with zero attached hydrogens (tertiary/aromatic N) is 4. The van der Waals surface area contributed by atoms with E-state index in [4.69, 9.17) is 59.9 Å². The number of halogens is 4. The fourth-order valence-electron chi connectivity index (χ4n) is 11.7. The second kappa shape index (κ2) is 31.9. The van der Waals surface area contributed by atoms with Crippen LogP contribution in [0, 0.1) is 0 Å². The number of carbonyl (C=O) groups is 2. The molecule has 15 nitrogen and oxygen atoms in total. The van der Waals surface area contributed by atoms with E-state index in [-0.39, 0.29) is 68.7 Å². The quantitative estimate of drug-likeness (QED) is 0.0784. The van der Waals surface area contributed by atoms with Crippen LogP contribution in [0.4, 0.5) is 14.0 Å². The summed E-state index contributed by atoms with van der Waals surface area (Å²) in [7, 11) is 6.57. The van der Waals surface area contributed by atoms with E-state index < -0.39 is 25.4 Å². The summed E-state index contributed by atoms with van der Waals surface area (Å²) in [6.45, 7) is 4.11. The van der Waals surface area contributed by atoms with Crippen molar-refractivity contribution in [1.29, 1.82) is 0 Å². The molecule has 6 heterocycles. The Bertz CT molecular complexity index is 3460. The van der Waals surface area contributed by atoms with E-state index in [9.17, 15) is 19.1 Å². The molecule has 2 amide bonds. The Labute approximate surface area is 555 Å². The van der Waals surface area contributed by atoms with Crippen LogP contribution in [-0.2, 0) is 12.8 Å². The van der Waals surface area contributed by atoms with Gasteiger partial charge >= 0.3 is 63.6 Å². The molecule has 12 rings (SSSR count). The molecule has 4 unspecified atom stereocenters. The van der Waals surface area contributed by atoms with E-state index in [1.54, 1.807) is 84.7 Å². The van der Waals surface area contributed by atoms with Crippen LogP contribution in [0.3, 0.4) is 0 Å². The van der Waals surface area contributed by atoms with Gasteiger partial charge < -0.3 is 54.0 Å². The van der Waals surface area contributed by atoms with Crippen LogP contribution in [0.2, 0.25) is 10.0 Å². The van der Waals surface area contributed by atoms with Crippen LogP contribution in [0.15, 0.2) is 133 Å². The summed E-state index contributed by atoms with van der Waals surface area (Å²) in [4.78, 5) is 42.2. The first-order valence-corrected chi connectivity index (χ1v) is 29.3. The van der Waals surface area contributed by atoms with Crippen LogP contribution in [-0.4, -0.2) is 139 Å². The summed E-state index contributed by atoms with van der Waals surface area (Å²) in [5.74, 6) is 4.11. The van der Waals surface area contributed by atoms with E-state index in [1.807, 2.05) is 72.8 Å². The van der Waals surface area contributed by atoms with Crippen molar-refractivity contribution in [3.8, 4) is 34.5 Å². The van der Waals surface area contributed by atoms with Gasteiger partial charge in [0.15, 0.2) is 0 Å². The molecular weight excluding hydrogens is 1170 g/mol. The van der Waals surface area contributed by atoms with Gasteiger partial charge in [0, 0.05) is 74.3 Å². The number of carbonyl (C=O) groups excluding carboxylic acids is 2. The van der Waals surface area contributed by atoms with Gasteiger partial charge in [-0.2, -0.15) is 0 Å². The maximum absolute atomic E-state index is 13.6. The number of aromatic amines is 2. The molecule has 0 radical (unpaired) electrons. The summed E-state index contributed by atoms with van der Waals surface area (Å²) in [6, 6.07) is 41.1. The fraction of sp³-hybridized carbons (Fsp3) is 0.354. The number of likely N-dealkylation sites (tertiary alicyclic amines) is 2. The summed E-state index contributed by atoms with van der Waals surface area (Å²) in [5.41, 5.74) is 8.03. The van der Waals surface area contributed by atoms with Gasteiger partial charge in [0.1, 0.15) is 46.6 Å². The number of aromatic nitrogens is 2. The fourth-order valence-corrected chi connectivity index (χ4v) is 12.3. The number of benzene rings is 6. The monoisotopic (exact) mass is 1250 g/mol. The third-order valence-corrected chi connectivity index (χ3v) is 16.8. The molecule has 4 aliphatic rings. The Morgan fingerprint density at radius 1 is 0.612 bits per heavy atom. The third-order valence-electron chi connectivity index (χ3n) is 16.1. The van der Waals surface area contributed by atoms with E-state index in [0.29, 0.717) is 71.6 Å². The molecule has 85 heavy (non-hydrogen) atoms. The molecule has 0 spiro atoms.